The fourth-order valence-electron chi connectivity index (χ4n) is 3.79. The first kappa shape index (κ1) is 31.6. The van der Waals surface area contributed by atoms with Crippen LogP contribution < -0.4 is 5.32 Å². The molecule has 0 amide bonds. The summed E-state index contributed by atoms with van der Waals surface area (Å²) in [5.41, 5.74) is -1.45. The number of nitrogens with one attached hydrogen (secondary N) is 1. The maximum atomic E-state index is 12.3. The molecule has 0 radical (unpaired) electrons. The molecule has 0 saturated carbocycles. The summed E-state index contributed by atoms with van der Waals surface area (Å²) in [6, 6.07) is 0. The average molecular weight is 456 g/mol. The molecule has 4 heteroatoms. The Hall–Kier alpha value is -0.450. The van der Waals surface area contributed by atoms with E-state index in [1.54, 1.807) is 6.92 Å². The number of ether oxygens (including phenoxy) is 2. The number of carbonyl (C=O) groups excluding carboxylic acids is 1. The third kappa shape index (κ3) is 7.27. The fourth-order valence-corrected chi connectivity index (χ4v) is 3.79. The normalized spacial score (nSPS) is 15.7. The van der Waals surface area contributed by atoms with E-state index in [4.69, 9.17) is 9.47 Å². The third-order valence-corrected chi connectivity index (χ3v) is 9.76. The van der Waals surface area contributed by atoms with Crippen LogP contribution in [0.15, 0.2) is 0 Å². The van der Waals surface area contributed by atoms with Gasteiger partial charge in [-0.05, 0) is 66.2 Å². The largest absolute Gasteiger partial charge is 0.375 e. The lowest BCUT2D eigenvalue weighted by atomic mass is 9.58. The van der Waals surface area contributed by atoms with Gasteiger partial charge in [-0.2, -0.15) is 0 Å². The first-order chi connectivity index (χ1) is 14.1. The summed E-state index contributed by atoms with van der Waals surface area (Å²) in [4.78, 5) is 12.3. The van der Waals surface area contributed by atoms with Gasteiger partial charge in [-0.3, -0.25) is 4.79 Å². The van der Waals surface area contributed by atoms with Gasteiger partial charge in [0, 0.05) is 29.5 Å². The Bertz CT molecular complexity index is 600. The van der Waals surface area contributed by atoms with Gasteiger partial charge in [-0.15, -0.1) is 0 Å². The SMILES string of the molecule is CCC(C)C(C)(C)NCCOC(C)(C)C(C)(C)CCOC(C)(C)C(C)(C)C(C)(C)C(C)=O. The van der Waals surface area contributed by atoms with Crippen LogP contribution in [0.4, 0.5) is 0 Å². The summed E-state index contributed by atoms with van der Waals surface area (Å²) in [6.07, 6.45) is 2.04. The van der Waals surface area contributed by atoms with Gasteiger partial charge in [-0.25, -0.2) is 0 Å². The second-order valence-electron chi connectivity index (χ2n) is 13.1. The van der Waals surface area contributed by atoms with Crippen LogP contribution in [0.25, 0.3) is 0 Å². The topological polar surface area (TPSA) is 47.6 Å². The molecule has 1 N–H and O–H groups in total. The minimum Gasteiger partial charge on any atom is -0.375 e. The van der Waals surface area contributed by atoms with Crippen molar-refractivity contribution in [1.82, 2.24) is 5.32 Å². The summed E-state index contributed by atoms with van der Waals surface area (Å²) in [5.74, 6) is 0.809. The number of Topliss-reactive ketones (excluding diaryl/α,β-unsaturated/α-hetero) is 1. The quantitative estimate of drug-likeness (QED) is 0.269. The molecule has 0 aromatic heterocycles. The Morgan fingerprint density at radius 3 is 1.72 bits per heavy atom. The highest BCUT2D eigenvalue weighted by atomic mass is 16.5. The van der Waals surface area contributed by atoms with Gasteiger partial charge in [-0.1, -0.05) is 61.8 Å². The van der Waals surface area contributed by atoms with Gasteiger partial charge < -0.3 is 14.8 Å². The van der Waals surface area contributed by atoms with E-state index in [2.05, 4.69) is 88.4 Å². The molecule has 192 valence electrons. The van der Waals surface area contributed by atoms with Crippen molar-refractivity contribution in [3.8, 4) is 0 Å². The van der Waals surface area contributed by atoms with E-state index >= 15 is 0 Å². The van der Waals surface area contributed by atoms with E-state index in [-0.39, 0.29) is 27.8 Å². The molecule has 0 aromatic rings. The van der Waals surface area contributed by atoms with Crippen molar-refractivity contribution < 1.29 is 14.3 Å². The molecule has 0 rings (SSSR count). The summed E-state index contributed by atoms with van der Waals surface area (Å²) in [7, 11) is 0. The summed E-state index contributed by atoms with van der Waals surface area (Å²) in [5, 5.41) is 3.66. The van der Waals surface area contributed by atoms with Crippen LogP contribution in [0.2, 0.25) is 0 Å². The first-order valence-electron chi connectivity index (χ1n) is 12.6. The molecule has 1 unspecified atom stereocenters. The summed E-state index contributed by atoms with van der Waals surface area (Å²) in [6.45, 7) is 34.3. The van der Waals surface area contributed by atoms with Crippen LogP contribution in [-0.4, -0.2) is 42.3 Å². The Morgan fingerprint density at radius 2 is 1.28 bits per heavy atom. The lowest BCUT2D eigenvalue weighted by Gasteiger charge is -2.51. The second kappa shape index (κ2) is 10.9. The molecule has 0 saturated heterocycles. The van der Waals surface area contributed by atoms with Crippen molar-refractivity contribution >= 4 is 5.78 Å². The van der Waals surface area contributed by atoms with Crippen LogP contribution in [0.3, 0.4) is 0 Å². The second-order valence-corrected chi connectivity index (χ2v) is 13.1. The van der Waals surface area contributed by atoms with E-state index in [1.165, 1.54) is 0 Å². The maximum absolute atomic E-state index is 12.3. The molecular formula is C28H57NO3. The van der Waals surface area contributed by atoms with Crippen molar-refractivity contribution in [3.05, 3.63) is 0 Å². The number of rotatable bonds is 15. The molecule has 1 atom stereocenters. The highest BCUT2D eigenvalue weighted by Crippen LogP contribution is 2.49. The van der Waals surface area contributed by atoms with Gasteiger partial charge in [0.1, 0.15) is 5.78 Å². The van der Waals surface area contributed by atoms with Crippen molar-refractivity contribution in [2.24, 2.45) is 22.2 Å². The Morgan fingerprint density at radius 1 is 0.812 bits per heavy atom. The van der Waals surface area contributed by atoms with E-state index < -0.39 is 11.0 Å². The predicted octanol–water partition coefficient (Wildman–Crippen LogP) is 7.05. The number of hydrogen-bond donors (Lipinski definition) is 1. The van der Waals surface area contributed by atoms with Crippen molar-refractivity contribution in [1.29, 1.82) is 0 Å². The van der Waals surface area contributed by atoms with Gasteiger partial charge in [0.05, 0.1) is 17.8 Å². The van der Waals surface area contributed by atoms with Crippen molar-refractivity contribution in [2.45, 2.75) is 133 Å². The number of ketones is 1. The molecule has 0 aromatic carbocycles. The maximum Gasteiger partial charge on any atom is 0.136 e. The monoisotopic (exact) mass is 455 g/mol. The van der Waals surface area contributed by atoms with Crippen LogP contribution in [0.1, 0.15) is 117 Å². The van der Waals surface area contributed by atoms with E-state index in [1.807, 2.05) is 13.8 Å². The van der Waals surface area contributed by atoms with E-state index in [9.17, 15) is 4.79 Å². The Kier molecular flexibility index (Phi) is 10.7. The number of carbonyl (C=O) groups is 1. The van der Waals surface area contributed by atoms with Crippen LogP contribution >= 0.6 is 0 Å². The van der Waals surface area contributed by atoms with Crippen LogP contribution in [0.5, 0.6) is 0 Å². The molecule has 32 heavy (non-hydrogen) atoms. The third-order valence-electron chi connectivity index (χ3n) is 9.76. The zero-order chi connectivity index (χ0) is 25.8. The molecule has 0 bridgehead atoms. The molecule has 0 aliphatic rings. The van der Waals surface area contributed by atoms with Crippen molar-refractivity contribution in [3.63, 3.8) is 0 Å². The predicted molar refractivity (Wildman–Crippen MR) is 138 cm³/mol. The molecule has 0 fully saturated rings. The molecule has 0 heterocycles. The lowest BCUT2D eigenvalue weighted by molar-refractivity contribution is -0.169. The lowest BCUT2D eigenvalue weighted by Crippen LogP contribution is -2.54. The first-order valence-corrected chi connectivity index (χ1v) is 12.6. The Labute approximate surface area is 201 Å². The van der Waals surface area contributed by atoms with Gasteiger partial charge in [0.2, 0.25) is 0 Å². The average Bonchev–Trinajstić information content (AvgIpc) is 2.63. The van der Waals surface area contributed by atoms with E-state index in [0.717, 1.165) is 19.4 Å². The van der Waals surface area contributed by atoms with Crippen LogP contribution in [-0.2, 0) is 14.3 Å². The molecular weight excluding hydrogens is 398 g/mol. The Balaban J connectivity index is 4.92. The van der Waals surface area contributed by atoms with Crippen molar-refractivity contribution in [2.75, 3.05) is 19.8 Å². The minimum atomic E-state index is -0.468. The van der Waals surface area contributed by atoms with Gasteiger partial charge in [0.25, 0.3) is 0 Å². The standard InChI is InChI=1S/C28H57NO3/c1-16-21(2)25(8,9)29-18-20-32-27(12,13)23(4,5)17-19-31-28(14,15)26(10,11)24(6,7)22(3)30/h21,29H,16-20H2,1-15H3. The number of hydrogen-bond acceptors (Lipinski definition) is 4. The van der Waals surface area contributed by atoms with E-state index in [0.29, 0.717) is 19.1 Å². The van der Waals surface area contributed by atoms with Gasteiger partial charge in [0.15, 0.2) is 0 Å². The zero-order valence-corrected chi connectivity index (χ0v) is 24.3. The minimum absolute atomic E-state index is 0.0600. The zero-order valence-electron chi connectivity index (χ0n) is 24.3. The highest BCUT2D eigenvalue weighted by Gasteiger charge is 2.51. The summed E-state index contributed by atoms with van der Waals surface area (Å²) < 4.78 is 12.8. The molecule has 0 spiro atoms. The van der Waals surface area contributed by atoms with Crippen LogP contribution in [0, 0.1) is 22.2 Å². The smallest absolute Gasteiger partial charge is 0.136 e. The molecule has 0 aliphatic heterocycles. The molecule has 4 nitrogen and oxygen atoms in total. The summed E-state index contributed by atoms with van der Waals surface area (Å²) >= 11 is 0. The molecule has 0 aliphatic carbocycles. The highest BCUT2D eigenvalue weighted by molar-refractivity contribution is 5.82. The fraction of sp³-hybridized carbons (Fsp3) is 0.964. The van der Waals surface area contributed by atoms with Gasteiger partial charge >= 0.3 is 0 Å².